The highest BCUT2D eigenvalue weighted by molar-refractivity contribution is 8.01. The summed E-state index contributed by atoms with van der Waals surface area (Å²) in [6, 6.07) is 6.81. The van der Waals surface area contributed by atoms with E-state index in [-0.39, 0.29) is 6.03 Å². The van der Waals surface area contributed by atoms with Crippen LogP contribution in [0.3, 0.4) is 0 Å². The molecular formula is C12H14N4O2S2. The standard InChI is InChI=1S/C12H14N4O2S2/c1-3-19-12-16-15-11(20-12)14-10(17)13-8-6-4-5-7-9(8)18-2/h4-7H,3H2,1-2H3,(H2,13,14,15,17). The van der Waals surface area contributed by atoms with Gasteiger partial charge in [-0.3, -0.25) is 5.32 Å². The number of thioether (sulfide) groups is 1. The average molecular weight is 310 g/mol. The molecule has 20 heavy (non-hydrogen) atoms. The van der Waals surface area contributed by atoms with Crippen LogP contribution in [-0.4, -0.2) is 29.1 Å². The van der Waals surface area contributed by atoms with Crippen molar-refractivity contribution in [3.63, 3.8) is 0 Å². The molecule has 0 atom stereocenters. The SMILES string of the molecule is CCSc1nnc(NC(=O)Nc2ccccc2OC)s1. The minimum absolute atomic E-state index is 0.376. The smallest absolute Gasteiger partial charge is 0.325 e. The fourth-order valence-corrected chi connectivity index (χ4v) is 3.08. The van der Waals surface area contributed by atoms with Gasteiger partial charge in [0, 0.05) is 0 Å². The van der Waals surface area contributed by atoms with Gasteiger partial charge in [-0.15, -0.1) is 10.2 Å². The molecule has 1 aromatic carbocycles. The highest BCUT2D eigenvalue weighted by atomic mass is 32.2. The molecule has 2 rings (SSSR count). The second-order valence-corrected chi connectivity index (χ2v) is 6.07. The number of nitrogens with one attached hydrogen (secondary N) is 2. The zero-order valence-corrected chi connectivity index (χ0v) is 12.7. The highest BCUT2D eigenvalue weighted by Gasteiger charge is 2.10. The second kappa shape index (κ2) is 7.11. The summed E-state index contributed by atoms with van der Waals surface area (Å²) in [5.41, 5.74) is 0.597. The first-order chi connectivity index (χ1) is 9.72. The lowest BCUT2D eigenvalue weighted by molar-refractivity contribution is 0.262. The first-order valence-electron chi connectivity index (χ1n) is 5.90. The van der Waals surface area contributed by atoms with E-state index in [1.54, 1.807) is 31.0 Å². The number of urea groups is 1. The molecule has 2 amide bonds. The minimum atomic E-state index is -0.376. The molecule has 106 valence electrons. The Morgan fingerprint density at radius 2 is 2.15 bits per heavy atom. The van der Waals surface area contributed by atoms with Gasteiger partial charge in [0.15, 0.2) is 4.34 Å². The minimum Gasteiger partial charge on any atom is -0.495 e. The van der Waals surface area contributed by atoms with Gasteiger partial charge in [0.1, 0.15) is 5.75 Å². The summed E-state index contributed by atoms with van der Waals surface area (Å²) in [5, 5.41) is 13.7. The Balaban J connectivity index is 1.97. The number of hydrogen-bond donors (Lipinski definition) is 2. The number of para-hydroxylation sites is 2. The maximum absolute atomic E-state index is 11.9. The summed E-state index contributed by atoms with van der Waals surface area (Å²) >= 11 is 2.93. The van der Waals surface area contributed by atoms with Gasteiger partial charge in [-0.05, 0) is 17.9 Å². The van der Waals surface area contributed by atoms with E-state index in [0.717, 1.165) is 10.1 Å². The summed E-state index contributed by atoms with van der Waals surface area (Å²) in [5.74, 6) is 1.52. The fourth-order valence-electron chi connectivity index (χ4n) is 1.44. The quantitative estimate of drug-likeness (QED) is 0.654. The van der Waals surface area contributed by atoms with Gasteiger partial charge in [0.25, 0.3) is 0 Å². The van der Waals surface area contributed by atoms with E-state index in [9.17, 15) is 4.79 Å². The third-order valence-corrected chi connectivity index (χ3v) is 4.10. The van der Waals surface area contributed by atoms with Gasteiger partial charge in [0.2, 0.25) is 5.13 Å². The Labute approximate surface area is 124 Å². The van der Waals surface area contributed by atoms with Crippen molar-refractivity contribution in [1.82, 2.24) is 10.2 Å². The molecule has 0 fully saturated rings. The molecule has 2 N–H and O–H groups in total. The third kappa shape index (κ3) is 3.84. The molecule has 0 unspecified atom stereocenters. The van der Waals surface area contributed by atoms with Crippen molar-refractivity contribution in [1.29, 1.82) is 0 Å². The number of aromatic nitrogens is 2. The topological polar surface area (TPSA) is 76.1 Å². The van der Waals surface area contributed by atoms with Crippen LogP contribution in [0.5, 0.6) is 5.75 Å². The van der Waals surface area contributed by atoms with Crippen LogP contribution in [0.4, 0.5) is 15.6 Å². The molecule has 0 aliphatic heterocycles. The van der Waals surface area contributed by atoms with Gasteiger partial charge < -0.3 is 10.1 Å². The number of benzene rings is 1. The van der Waals surface area contributed by atoms with Crippen LogP contribution in [0.15, 0.2) is 28.6 Å². The molecule has 8 heteroatoms. The first-order valence-corrected chi connectivity index (χ1v) is 7.70. The Hall–Kier alpha value is -1.80. The first kappa shape index (κ1) is 14.6. The Morgan fingerprint density at radius 3 is 2.90 bits per heavy atom. The monoisotopic (exact) mass is 310 g/mol. The van der Waals surface area contributed by atoms with E-state index in [4.69, 9.17) is 4.74 Å². The van der Waals surface area contributed by atoms with Crippen LogP contribution in [0.1, 0.15) is 6.92 Å². The Morgan fingerprint density at radius 1 is 1.35 bits per heavy atom. The largest absolute Gasteiger partial charge is 0.495 e. The number of carbonyl (C=O) groups is 1. The summed E-state index contributed by atoms with van der Waals surface area (Å²) in [6.07, 6.45) is 0. The van der Waals surface area contributed by atoms with Crippen molar-refractivity contribution < 1.29 is 9.53 Å². The molecule has 0 aliphatic rings. The average Bonchev–Trinajstić information content (AvgIpc) is 2.87. The number of nitrogens with zero attached hydrogens (tertiary/aromatic N) is 2. The van der Waals surface area contributed by atoms with Crippen molar-refractivity contribution in [2.45, 2.75) is 11.3 Å². The summed E-state index contributed by atoms with van der Waals surface area (Å²) in [7, 11) is 1.55. The van der Waals surface area contributed by atoms with Crippen molar-refractivity contribution in [3.05, 3.63) is 24.3 Å². The summed E-state index contributed by atoms with van der Waals surface area (Å²) in [4.78, 5) is 11.9. The molecule has 0 aliphatic carbocycles. The maximum atomic E-state index is 11.9. The van der Waals surface area contributed by atoms with Crippen molar-refractivity contribution in [2.75, 3.05) is 23.5 Å². The van der Waals surface area contributed by atoms with E-state index < -0.39 is 0 Å². The molecule has 2 aromatic rings. The number of amides is 2. The third-order valence-electron chi connectivity index (χ3n) is 2.25. The van der Waals surface area contributed by atoms with Crippen LogP contribution in [0.25, 0.3) is 0 Å². The number of methoxy groups -OCH3 is 1. The molecule has 0 radical (unpaired) electrons. The van der Waals surface area contributed by atoms with Gasteiger partial charge in [-0.2, -0.15) is 0 Å². The van der Waals surface area contributed by atoms with Crippen LogP contribution in [-0.2, 0) is 0 Å². The predicted octanol–water partition coefficient (Wildman–Crippen LogP) is 3.30. The van der Waals surface area contributed by atoms with Gasteiger partial charge >= 0.3 is 6.03 Å². The normalized spacial score (nSPS) is 10.1. The van der Waals surface area contributed by atoms with Crippen molar-refractivity contribution in [3.8, 4) is 5.75 Å². The maximum Gasteiger partial charge on any atom is 0.325 e. The van der Waals surface area contributed by atoms with E-state index in [1.165, 1.54) is 11.3 Å². The molecule has 0 spiro atoms. The van der Waals surface area contributed by atoms with Crippen LogP contribution >= 0.6 is 23.1 Å². The van der Waals surface area contributed by atoms with E-state index >= 15 is 0 Å². The summed E-state index contributed by atoms with van der Waals surface area (Å²) < 4.78 is 5.99. The van der Waals surface area contributed by atoms with Crippen molar-refractivity contribution in [2.24, 2.45) is 0 Å². The number of ether oxygens (including phenoxy) is 1. The molecule has 0 saturated heterocycles. The fraction of sp³-hybridized carbons (Fsp3) is 0.250. The number of anilines is 2. The molecule has 1 aromatic heterocycles. The van der Waals surface area contributed by atoms with Crippen molar-refractivity contribution >= 4 is 39.9 Å². The van der Waals surface area contributed by atoms with Gasteiger partial charge in [-0.1, -0.05) is 42.2 Å². The second-order valence-electron chi connectivity index (χ2n) is 3.59. The Kier molecular flexibility index (Phi) is 5.19. The summed E-state index contributed by atoms with van der Waals surface area (Å²) in [6.45, 7) is 2.04. The van der Waals surface area contributed by atoms with Crippen LogP contribution in [0.2, 0.25) is 0 Å². The number of rotatable bonds is 5. The molecular weight excluding hydrogens is 296 g/mol. The predicted molar refractivity (Wildman–Crippen MR) is 81.9 cm³/mol. The zero-order valence-electron chi connectivity index (χ0n) is 11.0. The molecule has 6 nitrogen and oxygen atoms in total. The number of carbonyl (C=O) groups excluding carboxylic acids is 1. The Bertz CT molecular complexity index is 588. The lowest BCUT2D eigenvalue weighted by Crippen LogP contribution is -2.19. The highest BCUT2D eigenvalue weighted by Crippen LogP contribution is 2.26. The van der Waals surface area contributed by atoms with Crippen LogP contribution in [0, 0.1) is 0 Å². The van der Waals surface area contributed by atoms with E-state index in [0.29, 0.717) is 16.6 Å². The molecule has 0 bridgehead atoms. The lowest BCUT2D eigenvalue weighted by Gasteiger charge is -2.09. The van der Waals surface area contributed by atoms with E-state index in [2.05, 4.69) is 20.8 Å². The van der Waals surface area contributed by atoms with Gasteiger partial charge in [-0.25, -0.2) is 4.79 Å². The lowest BCUT2D eigenvalue weighted by atomic mass is 10.3. The van der Waals surface area contributed by atoms with Gasteiger partial charge in [0.05, 0.1) is 12.8 Å². The number of hydrogen-bond acceptors (Lipinski definition) is 6. The molecule has 1 heterocycles. The van der Waals surface area contributed by atoms with Crippen LogP contribution < -0.4 is 15.4 Å². The zero-order chi connectivity index (χ0) is 14.4. The van der Waals surface area contributed by atoms with E-state index in [1.807, 2.05) is 19.1 Å². The molecule has 0 saturated carbocycles.